The van der Waals surface area contributed by atoms with Gasteiger partial charge in [-0.05, 0) is 19.8 Å². The molecule has 0 amide bonds. The van der Waals surface area contributed by atoms with Gasteiger partial charge in [-0.1, -0.05) is 13.8 Å². The Morgan fingerprint density at radius 2 is 2.20 bits per heavy atom. The molecule has 1 rings (SSSR count). The Morgan fingerprint density at radius 3 is 2.73 bits per heavy atom. The number of hydrogen-bond donors (Lipinski definition) is 0. The van der Waals surface area contributed by atoms with E-state index in [0.29, 0.717) is 12.3 Å². The molecule has 0 aliphatic rings. The molecule has 0 radical (unpaired) electrons. The molecule has 0 aliphatic heterocycles. The molecule has 0 bridgehead atoms. The van der Waals surface area contributed by atoms with Crippen molar-refractivity contribution in [1.82, 2.24) is 14.8 Å². The first-order valence-corrected chi connectivity index (χ1v) is 5.22. The highest BCUT2D eigenvalue weighted by atomic mass is 15.3. The normalized spacial score (nSPS) is 11.7. The summed E-state index contributed by atoms with van der Waals surface area (Å²) in [7, 11) is 0. The monoisotopic (exact) mass is 206 g/mol. The van der Waals surface area contributed by atoms with Crippen molar-refractivity contribution in [2.45, 2.75) is 40.7 Å². The fraction of sp³-hybridized carbons (Fsp3) is 0.727. The molecular formula is C11H18N4. The molecule has 0 atom stereocenters. The maximum absolute atomic E-state index is 8.96. The van der Waals surface area contributed by atoms with Crippen molar-refractivity contribution >= 4 is 0 Å². The minimum Gasteiger partial charge on any atom is -0.250 e. The quantitative estimate of drug-likeness (QED) is 0.757. The Balaban J connectivity index is 2.78. The van der Waals surface area contributed by atoms with E-state index in [4.69, 9.17) is 5.26 Å². The third kappa shape index (κ3) is 3.35. The zero-order valence-corrected chi connectivity index (χ0v) is 9.86. The van der Waals surface area contributed by atoms with Crippen LogP contribution in [0.25, 0.3) is 0 Å². The van der Waals surface area contributed by atoms with E-state index >= 15 is 0 Å². The van der Waals surface area contributed by atoms with Gasteiger partial charge in [0, 0.05) is 13.0 Å². The molecule has 0 unspecified atom stereocenters. The van der Waals surface area contributed by atoms with Crippen LogP contribution in [0.2, 0.25) is 0 Å². The van der Waals surface area contributed by atoms with Gasteiger partial charge in [-0.3, -0.25) is 0 Å². The van der Waals surface area contributed by atoms with Crippen molar-refractivity contribution in [1.29, 1.82) is 5.26 Å². The highest BCUT2D eigenvalue weighted by Crippen LogP contribution is 2.19. The van der Waals surface area contributed by atoms with Crippen molar-refractivity contribution in [2.24, 2.45) is 11.3 Å². The van der Waals surface area contributed by atoms with Gasteiger partial charge < -0.3 is 0 Å². The first kappa shape index (κ1) is 11.7. The molecule has 1 aromatic heterocycles. The Labute approximate surface area is 90.9 Å². The van der Waals surface area contributed by atoms with Crippen LogP contribution < -0.4 is 0 Å². The summed E-state index contributed by atoms with van der Waals surface area (Å²) in [5.74, 6) is 1.44. The second-order valence-electron chi connectivity index (χ2n) is 4.92. The van der Waals surface area contributed by atoms with Crippen molar-refractivity contribution in [2.75, 3.05) is 0 Å². The van der Waals surface area contributed by atoms with Gasteiger partial charge in [-0.2, -0.15) is 10.4 Å². The SMILES string of the molecule is CC(C)Cn1ncnc1CC(C)(C)C#N. The fourth-order valence-electron chi connectivity index (χ4n) is 1.36. The zero-order chi connectivity index (χ0) is 11.5. The lowest BCUT2D eigenvalue weighted by Gasteiger charge is -2.15. The summed E-state index contributed by atoms with van der Waals surface area (Å²) in [6, 6.07) is 2.28. The topological polar surface area (TPSA) is 54.5 Å². The van der Waals surface area contributed by atoms with Gasteiger partial charge in [0.2, 0.25) is 0 Å². The van der Waals surface area contributed by atoms with Crippen molar-refractivity contribution in [3.8, 4) is 6.07 Å². The molecule has 0 spiro atoms. The summed E-state index contributed by atoms with van der Waals surface area (Å²) in [5, 5.41) is 13.1. The van der Waals surface area contributed by atoms with Crippen LogP contribution in [0.4, 0.5) is 0 Å². The number of nitrogens with zero attached hydrogens (tertiary/aromatic N) is 4. The average Bonchev–Trinajstić information content (AvgIpc) is 2.51. The van der Waals surface area contributed by atoms with Crippen LogP contribution in [0.1, 0.15) is 33.5 Å². The maximum Gasteiger partial charge on any atom is 0.138 e. The summed E-state index contributed by atoms with van der Waals surface area (Å²) in [5.41, 5.74) is -0.373. The molecule has 0 aliphatic carbocycles. The van der Waals surface area contributed by atoms with E-state index in [0.717, 1.165) is 12.4 Å². The molecule has 4 heteroatoms. The fourth-order valence-corrected chi connectivity index (χ4v) is 1.36. The molecule has 0 saturated carbocycles. The van der Waals surface area contributed by atoms with Gasteiger partial charge in [0.15, 0.2) is 0 Å². The summed E-state index contributed by atoms with van der Waals surface area (Å²) in [6.07, 6.45) is 2.21. The lowest BCUT2D eigenvalue weighted by molar-refractivity contribution is 0.421. The van der Waals surface area contributed by atoms with Crippen LogP contribution >= 0.6 is 0 Å². The Morgan fingerprint density at radius 1 is 1.53 bits per heavy atom. The third-order valence-corrected chi connectivity index (χ3v) is 2.14. The lowest BCUT2D eigenvalue weighted by Crippen LogP contribution is -2.18. The van der Waals surface area contributed by atoms with Crippen LogP contribution in [-0.4, -0.2) is 14.8 Å². The van der Waals surface area contributed by atoms with Crippen molar-refractivity contribution < 1.29 is 0 Å². The highest BCUT2D eigenvalue weighted by Gasteiger charge is 2.20. The minimum atomic E-state index is -0.373. The van der Waals surface area contributed by atoms with Crippen molar-refractivity contribution in [3.63, 3.8) is 0 Å². The van der Waals surface area contributed by atoms with Gasteiger partial charge in [-0.15, -0.1) is 0 Å². The molecule has 1 heterocycles. The minimum absolute atomic E-state index is 0.373. The average molecular weight is 206 g/mol. The van der Waals surface area contributed by atoms with Gasteiger partial charge in [0.25, 0.3) is 0 Å². The Kier molecular flexibility index (Phi) is 3.46. The smallest absolute Gasteiger partial charge is 0.138 e. The summed E-state index contributed by atoms with van der Waals surface area (Å²) >= 11 is 0. The summed E-state index contributed by atoms with van der Waals surface area (Å²) in [6.45, 7) is 8.97. The Hall–Kier alpha value is -1.37. The van der Waals surface area contributed by atoms with E-state index in [1.807, 2.05) is 18.5 Å². The molecule has 82 valence electrons. The largest absolute Gasteiger partial charge is 0.250 e. The van der Waals surface area contributed by atoms with E-state index in [-0.39, 0.29) is 5.41 Å². The predicted octanol–water partition coefficient (Wildman–Crippen LogP) is 2.03. The molecule has 0 saturated heterocycles. The van der Waals surface area contributed by atoms with E-state index in [1.165, 1.54) is 0 Å². The summed E-state index contributed by atoms with van der Waals surface area (Å²) < 4.78 is 1.89. The van der Waals surface area contributed by atoms with Crippen LogP contribution in [0.5, 0.6) is 0 Å². The number of aromatic nitrogens is 3. The van der Waals surface area contributed by atoms with Crippen LogP contribution in [0.3, 0.4) is 0 Å². The second kappa shape index (κ2) is 4.43. The van der Waals surface area contributed by atoms with Crippen LogP contribution in [0.15, 0.2) is 6.33 Å². The van der Waals surface area contributed by atoms with E-state index < -0.39 is 0 Å². The molecule has 0 aromatic carbocycles. The van der Waals surface area contributed by atoms with Gasteiger partial charge in [-0.25, -0.2) is 9.67 Å². The van der Waals surface area contributed by atoms with E-state index in [2.05, 4.69) is 30.0 Å². The van der Waals surface area contributed by atoms with Gasteiger partial charge in [0.1, 0.15) is 12.2 Å². The standard InChI is InChI=1S/C11H18N4/c1-9(2)6-15-10(13-8-14-15)5-11(3,4)7-12/h8-9H,5-6H2,1-4H3. The van der Waals surface area contributed by atoms with Gasteiger partial charge >= 0.3 is 0 Å². The third-order valence-electron chi connectivity index (χ3n) is 2.14. The van der Waals surface area contributed by atoms with Crippen molar-refractivity contribution in [3.05, 3.63) is 12.2 Å². The zero-order valence-electron chi connectivity index (χ0n) is 9.86. The first-order valence-electron chi connectivity index (χ1n) is 5.22. The molecular weight excluding hydrogens is 188 g/mol. The maximum atomic E-state index is 8.96. The van der Waals surface area contributed by atoms with Gasteiger partial charge in [0.05, 0.1) is 11.5 Å². The molecule has 4 nitrogen and oxygen atoms in total. The number of nitriles is 1. The molecule has 1 aromatic rings. The predicted molar refractivity (Wildman–Crippen MR) is 58.0 cm³/mol. The second-order valence-corrected chi connectivity index (χ2v) is 4.92. The summed E-state index contributed by atoms with van der Waals surface area (Å²) in [4.78, 5) is 4.20. The number of hydrogen-bond acceptors (Lipinski definition) is 3. The van der Waals surface area contributed by atoms with Crippen LogP contribution in [0, 0.1) is 22.7 Å². The Bertz CT molecular complexity index is 357. The highest BCUT2D eigenvalue weighted by molar-refractivity contribution is 5.00. The van der Waals surface area contributed by atoms with E-state index in [1.54, 1.807) is 6.33 Å². The molecule has 15 heavy (non-hydrogen) atoms. The number of rotatable bonds is 4. The first-order chi connectivity index (χ1) is 6.94. The van der Waals surface area contributed by atoms with Crippen LogP contribution in [-0.2, 0) is 13.0 Å². The molecule has 0 N–H and O–H groups in total. The van der Waals surface area contributed by atoms with E-state index in [9.17, 15) is 0 Å². The lowest BCUT2D eigenvalue weighted by atomic mass is 9.91. The molecule has 0 fully saturated rings.